The Labute approximate surface area is 199 Å². The number of likely N-dealkylation sites (tertiary alicyclic amines) is 1. The molecule has 1 aromatic heterocycles. The molecule has 3 atom stereocenters. The number of hydrogen-bond donors (Lipinski definition) is 2. The number of aromatic nitrogens is 1. The summed E-state index contributed by atoms with van der Waals surface area (Å²) in [6.45, 7) is 7.03. The Morgan fingerprint density at radius 1 is 1.00 bits per heavy atom. The Hall–Kier alpha value is -2.30. The summed E-state index contributed by atoms with van der Waals surface area (Å²) in [6, 6.07) is 22.5. The molecule has 2 fully saturated rings. The molecular weight excluding hydrogens is 404 g/mol. The van der Waals surface area contributed by atoms with Crippen LogP contribution in [0.25, 0.3) is 22.2 Å². The Morgan fingerprint density at radius 3 is 2.64 bits per heavy atom. The second-order valence-electron chi connectivity index (χ2n) is 10.5. The average molecular weight is 445 g/mol. The molecule has 3 heterocycles. The van der Waals surface area contributed by atoms with Crippen LogP contribution in [0.2, 0.25) is 0 Å². The van der Waals surface area contributed by atoms with E-state index < -0.39 is 0 Å². The maximum atomic E-state index is 3.97. The monoisotopic (exact) mass is 444 g/mol. The van der Waals surface area contributed by atoms with Gasteiger partial charge in [0.05, 0.1) is 0 Å². The van der Waals surface area contributed by atoms with E-state index >= 15 is 0 Å². The number of nitrogens with one attached hydrogen (secondary N) is 2. The van der Waals surface area contributed by atoms with Crippen LogP contribution in [-0.4, -0.2) is 54.2 Å². The van der Waals surface area contributed by atoms with Crippen molar-refractivity contribution in [2.75, 3.05) is 25.0 Å². The second kappa shape index (κ2) is 9.90. The molecule has 3 unspecified atom stereocenters. The van der Waals surface area contributed by atoms with Crippen LogP contribution < -0.4 is 10.2 Å². The molecule has 2 aliphatic rings. The first-order valence-electron chi connectivity index (χ1n) is 13.0. The summed E-state index contributed by atoms with van der Waals surface area (Å²) in [5.74, 6) is 0. The van der Waals surface area contributed by atoms with Gasteiger partial charge in [-0.1, -0.05) is 36.8 Å². The topological polar surface area (TPSA) is 34.3 Å². The van der Waals surface area contributed by atoms with Gasteiger partial charge < -0.3 is 20.1 Å². The SMILES string of the molecule is CC(CC1CCCC(C)N1C)NC1CCN(c2cccc(-c3cc4ccccc4[nH]3)c2)CC1. The molecule has 0 radical (unpaired) electrons. The molecule has 2 aromatic carbocycles. The number of rotatable bonds is 6. The maximum Gasteiger partial charge on any atom is 0.0465 e. The highest BCUT2D eigenvalue weighted by molar-refractivity contribution is 5.86. The van der Waals surface area contributed by atoms with Crippen molar-refractivity contribution >= 4 is 16.6 Å². The molecule has 0 bridgehead atoms. The molecule has 2 saturated heterocycles. The summed E-state index contributed by atoms with van der Waals surface area (Å²) >= 11 is 0. The summed E-state index contributed by atoms with van der Waals surface area (Å²) in [6.07, 6.45) is 7.81. The van der Waals surface area contributed by atoms with Gasteiger partial charge in [-0.05, 0) is 82.8 Å². The van der Waals surface area contributed by atoms with E-state index in [0.717, 1.165) is 25.2 Å². The second-order valence-corrected chi connectivity index (χ2v) is 10.5. The lowest BCUT2D eigenvalue weighted by molar-refractivity contribution is 0.110. The lowest BCUT2D eigenvalue weighted by atomic mass is 9.92. The summed E-state index contributed by atoms with van der Waals surface area (Å²) in [7, 11) is 2.32. The molecule has 2 aliphatic heterocycles. The van der Waals surface area contributed by atoms with E-state index in [-0.39, 0.29) is 0 Å². The van der Waals surface area contributed by atoms with E-state index in [1.165, 1.54) is 66.4 Å². The standard InChI is InChI=1S/C29H40N4/c1-21(18-26-11-6-8-22(2)32(26)3)30-25-14-16-33(17-15-25)27-12-7-10-23(19-27)29-20-24-9-4-5-13-28(24)31-29/h4-5,7,9-10,12-13,19-22,25-26,30-31H,6,8,11,14-18H2,1-3H3. The van der Waals surface area contributed by atoms with E-state index in [4.69, 9.17) is 0 Å². The van der Waals surface area contributed by atoms with Crippen molar-refractivity contribution in [1.29, 1.82) is 0 Å². The quantitative estimate of drug-likeness (QED) is 0.486. The third-order valence-corrected chi connectivity index (χ3v) is 8.12. The van der Waals surface area contributed by atoms with Crippen molar-refractivity contribution in [2.24, 2.45) is 0 Å². The fourth-order valence-corrected chi connectivity index (χ4v) is 5.98. The van der Waals surface area contributed by atoms with Crippen molar-refractivity contribution in [3.63, 3.8) is 0 Å². The lowest BCUT2D eigenvalue weighted by Crippen LogP contribution is -2.49. The molecular formula is C29H40N4. The fourth-order valence-electron chi connectivity index (χ4n) is 5.98. The molecule has 2 N–H and O–H groups in total. The van der Waals surface area contributed by atoms with Gasteiger partial charge in [0.2, 0.25) is 0 Å². The molecule has 5 rings (SSSR count). The largest absolute Gasteiger partial charge is 0.371 e. The van der Waals surface area contributed by atoms with Crippen molar-refractivity contribution in [3.05, 3.63) is 54.6 Å². The van der Waals surface area contributed by atoms with E-state index in [1.807, 2.05) is 0 Å². The maximum absolute atomic E-state index is 3.97. The highest BCUT2D eigenvalue weighted by atomic mass is 15.2. The summed E-state index contributed by atoms with van der Waals surface area (Å²) in [5, 5.41) is 5.24. The van der Waals surface area contributed by atoms with Gasteiger partial charge in [-0.3, -0.25) is 0 Å². The number of hydrogen-bond acceptors (Lipinski definition) is 3. The minimum Gasteiger partial charge on any atom is -0.371 e. The van der Waals surface area contributed by atoms with Gasteiger partial charge in [0.1, 0.15) is 0 Å². The van der Waals surface area contributed by atoms with Crippen LogP contribution >= 0.6 is 0 Å². The number of anilines is 1. The van der Waals surface area contributed by atoms with Gasteiger partial charge >= 0.3 is 0 Å². The van der Waals surface area contributed by atoms with E-state index in [0.29, 0.717) is 12.1 Å². The number of para-hydroxylation sites is 1. The van der Waals surface area contributed by atoms with Crippen LogP contribution in [0, 0.1) is 0 Å². The summed E-state index contributed by atoms with van der Waals surface area (Å²) in [5.41, 5.74) is 5.01. The number of aromatic amines is 1. The first kappa shape index (κ1) is 22.5. The Morgan fingerprint density at radius 2 is 1.82 bits per heavy atom. The van der Waals surface area contributed by atoms with Crippen molar-refractivity contribution in [3.8, 4) is 11.3 Å². The molecule has 4 nitrogen and oxygen atoms in total. The van der Waals surface area contributed by atoms with E-state index in [1.54, 1.807) is 0 Å². The Bertz CT molecular complexity index is 1020. The summed E-state index contributed by atoms with van der Waals surface area (Å²) in [4.78, 5) is 8.75. The third-order valence-electron chi connectivity index (χ3n) is 8.12. The predicted molar refractivity (Wildman–Crippen MR) is 141 cm³/mol. The smallest absolute Gasteiger partial charge is 0.0465 e. The molecule has 0 saturated carbocycles. The van der Waals surface area contributed by atoms with Gasteiger partial charge in [-0.15, -0.1) is 0 Å². The number of H-pyrrole nitrogens is 1. The van der Waals surface area contributed by atoms with Crippen LogP contribution in [0.4, 0.5) is 5.69 Å². The van der Waals surface area contributed by atoms with Crippen LogP contribution in [0.1, 0.15) is 52.4 Å². The van der Waals surface area contributed by atoms with Gasteiger partial charge in [0.25, 0.3) is 0 Å². The third kappa shape index (κ3) is 5.12. The Balaban J connectivity index is 1.16. The van der Waals surface area contributed by atoms with Gasteiger partial charge in [0.15, 0.2) is 0 Å². The van der Waals surface area contributed by atoms with E-state index in [9.17, 15) is 0 Å². The average Bonchev–Trinajstić information content (AvgIpc) is 3.27. The van der Waals surface area contributed by atoms with E-state index in [2.05, 4.69) is 95.6 Å². The molecule has 0 amide bonds. The van der Waals surface area contributed by atoms with Crippen LogP contribution in [0.15, 0.2) is 54.6 Å². The Kier molecular flexibility index (Phi) is 6.75. The highest BCUT2D eigenvalue weighted by Crippen LogP contribution is 2.29. The van der Waals surface area contributed by atoms with Crippen molar-refractivity contribution < 1.29 is 0 Å². The number of nitrogens with zero attached hydrogens (tertiary/aromatic N) is 2. The van der Waals surface area contributed by atoms with Gasteiger partial charge in [-0.25, -0.2) is 0 Å². The van der Waals surface area contributed by atoms with Crippen molar-refractivity contribution in [2.45, 2.75) is 76.5 Å². The van der Waals surface area contributed by atoms with Crippen molar-refractivity contribution in [1.82, 2.24) is 15.2 Å². The lowest BCUT2D eigenvalue weighted by Gasteiger charge is -2.40. The number of benzene rings is 2. The first-order chi connectivity index (χ1) is 16.1. The van der Waals surface area contributed by atoms with Crippen LogP contribution in [0.5, 0.6) is 0 Å². The first-order valence-corrected chi connectivity index (χ1v) is 13.0. The number of piperidine rings is 2. The molecule has 0 aliphatic carbocycles. The normalized spacial score (nSPS) is 23.8. The zero-order valence-electron chi connectivity index (χ0n) is 20.6. The zero-order valence-corrected chi connectivity index (χ0v) is 20.6. The zero-order chi connectivity index (χ0) is 22.8. The van der Waals surface area contributed by atoms with Crippen LogP contribution in [0.3, 0.4) is 0 Å². The predicted octanol–water partition coefficient (Wildman–Crippen LogP) is 6.04. The van der Waals surface area contributed by atoms with Gasteiger partial charge in [-0.2, -0.15) is 0 Å². The minimum absolute atomic E-state index is 0.588. The molecule has 33 heavy (non-hydrogen) atoms. The minimum atomic E-state index is 0.588. The van der Waals surface area contributed by atoms with Gasteiger partial charge in [0, 0.05) is 59.5 Å². The molecule has 176 valence electrons. The fraction of sp³-hybridized carbons (Fsp3) is 0.517. The number of fused-ring (bicyclic) bond motifs is 1. The highest BCUT2D eigenvalue weighted by Gasteiger charge is 2.27. The molecule has 4 heteroatoms. The summed E-state index contributed by atoms with van der Waals surface area (Å²) < 4.78 is 0. The van der Waals surface area contributed by atoms with Crippen LogP contribution in [-0.2, 0) is 0 Å². The molecule has 3 aromatic rings. The molecule has 0 spiro atoms.